The summed E-state index contributed by atoms with van der Waals surface area (Å²) in [5.41, 5.74) is 13.1. The Morgan fingerprint density at radius 1 is 0.385 bits per heavy atom. The largest absolute Gasteiger partial charge is 0.379 e. The van der Waals surface area contributed by atoms with Crippen molar-refractivity contribution in [2.75, 3.05) is 10.6 Å². The van der Waals surface area contributed by atoms with Gasteiger partial charge >= 0.3 is 0 Å². The lowest BCUT2D eigenvalue weighted by Crippen LogP contribution is -2.17. The first-order chi connectivity index (χ1) is 25.7. The first kappa shape index (κ1) is 31.3. The lowest BCUT2D eigenvalue weighted by molar-refractivity contribution is 0.886. The van der Waals surface area contributed by atoms with Crippen LogP contribution in [0.15, 0.2) is 200 Å². The molecule has 248 valence electrons. The van der Waals surface area contributed by atoms with Crippen molar-refractivity contribution in [3.05, 3.63) is 206 Å². The van der Waals surface area contributed by atoms with Crippen LogP contribution in [0.4, 0.5) is 17.1 Å². The van der Waals surface area contributed by atoms with Crippen LogP contribution in [0.2, 0.25) is 0 Å². The summed E-state index contributed by atoms with van der Waals surface area (Å²) < 4.78 is 0. The summed E-state index contributed by atoms with van der Waals surface area (Å²) in [6, 6.07) is 65.6. The van der Waals surface area contributed by atoms with Crippen LogP contribution in [0.25, 0.3) is 60.5 Å². The number of hydrogen-bond donors (Lipinski definition) is 2. The van der Waals surface area contributed by atoms with Crippen molar-refractivity contribution in [2.45, 2.75) is 12.5 Å². The highest BCUT2D eigenvalue weighted by atomic mass is 14.9. The Kier molecular flexibility index (Phi) is 8.40. The maximum Gasteiger partial charge on any atom is 0.0482 e. The molecule has 2 heteroatoms. The zero-order chi connectivity index (χ0) is 34.7. The highest BCUT2D eigenvalue weighted by Gasteiger charge is 2.17. The summed E-state index contributed by atoms with van der Waals surface area (Å²) >= 11 is 0. The molecule has 0 aromatic heterocycles. The van der Waals surface area contributed by atoms with E-state index in [-0.39, 0.29) is 6.04 Å². The molecule has 52 heavy (non-hydrogen) atoms. The number of nitrogens with one attached hydrogen (secondary N) is 2. The van der Waals surface area contributed by atoms with Crippen molar-refractivity contribution >= 4 is 44.2 Å². The molecule has 1 unspecified atom stereocenters. The molecule has 0 aliphatic heterocycles. The third kappa shape index (κ3) is 6.39. The predicted molar refractivity (Wildman–Crippen MR) is 223 cm³/mol. The summed E-state index contributed by atoms with van der Waals surface area (Å²) in [7, 11) is 0. The standard InChI is InChI=1S/C50H38N2/c1-5-13-35(14-6-1)39-31-48(38-23-27-44(28-24-38)52-42-19-11-4-12-20-42)46-30-29-45-47(37-15-7-2-8-16-37)32-40(34-50(45)49(46)33-39)36-21-25-43(26-22-36)51-41-17-9-3-10-18-41/h1-27,29-34,44,51-52H,28H2. The third-order valence-electron chi connectivity index (χ3n) is 10.1. The zero-order valence-electron chi connectivity index (χ0n) is 28.8. The smallest absolute Gasteiger partial charge is 0.0482 e. The van der Waals surface area contributed by atoms with Crippen molar-refractivity contribution in [3.63, 3.8) is 0 Å². The average molecular weight is 667 g/mol. The highest BCUT2D eigenvalue weighted by molar-refractivity contribution is 6.17. The fourth-order valence-electron chi connectivity index (χ4n) is 7.45. The summed E-state index contributed by atoms with van der Waals surface area (Å²) in [5, 5.41) is 12.2. The van der Waals surface area contributed by atoms with Crippen molar-refractivity contribution < 1.29 is 0 Å². The topological polar surface area (TPSA) is 24.1 Å². The van der Waals surface area contributed by atoms with Gasteiger partial charge in [0.2, 0.25) is 0 Å². The molecule has 2 N–H and O–H groups in total. The molecule has 0 saturated heterocycles. The van der Waals surface area contributed by atoms with Gasteiger partial charge in [0, 0.05) is 23.1 Å². The Morgan fingerprint density at radius 2 is 0.885 bits per heavy atom. The van der Waals surface area contributed by atoms with Gasteiger partial charge in [-0.05, 0) is 133 Å². The van der Waals surface area contributed by atoms with E-state index in [1.54, 1.807) is 0 Å². The van der Waals surface area contributed by atoms with E-state index in [9.17, 15) is 0 Å². The lowest BCUT2D eigenvalue weighted by atomic mass is 9.86. The molecule has 0 bridgehead atoms. The van der Waals surface area contributed by atoms with Gasteiger partial charge in [-0.3, -0.25) is 0 Å². The minimum absolute atomic E-state index is 0.251. The molecule has 8 aromatic rings. The number of rotatable bonds is 8. The van der Waals surface area contributed by atoms with Crippen molar-refractivity contribution in [1.29, 1.82) is 0 Å². The van der Waals surface area contributed by atoms with Crippen LogP contribution >= 0.6 is 0 Å². The Morgan fingerprint density at radius 3 is 1.48 bits per heavy atom. The van der Waals surface area contributed by atoms with Gasteiger partial charge in [-0.2, -0.15) is 0 Å². The predicted octanol–water partition coefficient (Wildman–Crippen LogP) is 13.6. The van der Waals surface area contributed by atoms with E-state index >= 15 is 0 Å². The van der Waals surface area contributed by atoms with E-state index in [4.69, 9.17) is 0 Å². The first-order valence-electron chi connectivity index (χ1n) is 18.0. The number of para-hydroxylation sites is 2. The molecule has 1 aliphatic rings. The van der Waals surface area contributed by atoms with Crippen LogP contribution in [-0.2, 0) is 0 Å². The van der Waals surface area contributed by atoms with Gasteiger partial charge in [0.05, 0.1) is 0 Å². The molecule has 1 aliphatic carbocycles. The highest BCUT2D eigenvalue weighted by Crippen LogP contribution is 2.42. The number of hydrogen-bond acceptors (Lipinski definition) is 2. The molecule has 8 aromatic carbocycles. The van der Waals surface area contributed by atoms with E-state index < -0.39 is 0 Å². The van der Waals surface area contributed by atoms with E-state index in [1.807, 2.05) is 6.07 Å². The zero-order valence-corrected chi connectivity index (χ0v) is 28.8. The van der Waals surface area contributed by atoms with Crippen LogP contribution in [0, 0.1) is 0 Å². The molecule has 0 amide bonds. The Balaban J connectivity index is 1.20. The molecule has 9 rings (SSSR count). The molecule has 0 heterocycles. The number of benzene rings is 8. The van der Waals surface area contributed by atoms with E-state index in [0.717, 1.165) is 23.5 Å². The molecular weight excluding hydrogens is 629 g/mol. The van der Waals surface area contributed by atoms with Gasteiger partial charge < -0.3 is 10.6 Å². The van der Waals surface area contributed by atoms with E-state index in [1.165, 1.54) is 66.1 Å². The molecular formula is C50H38N2. The maximum atomic E-state index is 3.68. The molecule has 1 atom stereocenters. The van der Waals surface area contributed by atoms with Gasteiger partial charge in [0.15, 0.2) is 0 Å². The summed E-state index contributed by atoms with van der Waals surface area (Å²) in [5.74, 6) is 0. The van der Waals surface area contributed by atoms with Gasteiger partial charge in [0.25, 0.3) is 0 Å². The quantitative estimate of drug-likeness (QED) is 0.158. The summed E-state index contributed by atoms with van der Waals surface area (Å²) in [4.78, 5) is 0. The third-order valence-corrected chi connectivity index (χ3v) is 10.1. The molecule has 0 radical (unpaired) electrons. The van der Waals surface area contributed by atoms with E-state index in [2.05, 4.69) is 205 Å². The van der Waals surface area contributed by atoms with Gasteiger partial charge in [0.1, 0.15) is 0 Å². The summed E-state index contributed by atoms with van der Waals surface area (Å²) in [6.45, 7) is 0. The van der Waals surface area contributed by atoms with Crippen LogP contribution < -0.4 is 10.6 Å². The summed E-state index contributed by atoms with van der Waals surface area (Å²) in [6.07, 6.45) is 7.93. The van der Waals surface area contributed by atoms with Crippen LogP contribution in [0.1, 0.15) is 12.0 Å². The van der Waals surface area contributed by atoms with Crippen LogP contribution in [-0.4, -0.2) is 6.04 Å². The second-order valence-corrected chi connectivity index (χ2v) is 13.5. The van der Waals surface area contributed by atoms with Gasteiger partial charge in [-0.1, -0.05) is 140 Å². The number of fused-ring (bicyclic) bond motifs is 3. The second kappa shape index (κ2) is 13.9. The van der Waals surface area contributed by atoms with Crippen molar-refractivity contribution in [1.82, 2.24) is 0 Å². The average Bonchev–Trinajstić information content (AvgIpc) is 3.22. The Hall–Kier alpha value is -6.64. The molecule has 0 fully saturated rings. The molecule has 2 nitrogen and oxygen atoms in total. The van der Waals surface area contributed by atoms with Gasteiger partial charge in [-0.15, -0.1) is 0 Å². The minimum Gasteiger partial charge on any atom is -0.379 e. The molecule has 0 saturated carbocycles. The van der Waals surface area contributed by atoms with Crippen molar-refractivity contribution in [3.8, 4) is 33.4 Å². The normalized spacial score (nSPS) is 13.9. The maximum absolute atomic E-state index is 3.68. The second-order valence-electron chi connectivity index (χ2n) is 13.5. The number of anilines is 3. The Labute approximate surface area is 305 Å². The molecule has 0 spiro atoms. The Bertz CT molecular complexity index is 2550. The lowest BCUT2D eigenvalue weighted by Gasteiger charge is -2.21. The fourth-order valence-corrected chi connectivity index (χ4v) is 7.45. The van der Waals surface area contributed by atoms with Gasteiger partial charge in [-0.25, -0.2) is 0 Å². The monoisotopic (exact) mass is 666 g/mol. The van der Waals surface area contributed by atoms with Crippen LogP contribution in [0.5, 0.6) is 0 Å². The number of allylic oxidation sites excluding steroid dienone is 2. The SMILES string of the molecule is C1=CC(Nc2ccccc2)CC=C1c1cc(-c2ccccc2)cc2c1ccc1c(-c3ccccc3)cc(-c3ccc(Nc4ccccc4)cc3)cc12. The first-order valence-corrected chi connectivity index (χ1v) is 18.0. The minimum atomic E-state index is 0.251. The fraction of sp³-hybridized carbons (Fsp3) is 0.0400. The van der Waals surface area contributed by atoms with Crippen molar-refractivity contribution in [2.24, 2.45) is 0 Å². The van der Waals surface area contributed by atoms with E-state index in [0.29, 0.717) is 0 Å². The van der Waals surface area contributed by atoms with Crippen LogP contribution in [0.3, 0.4) is 0 Å².